The molecule has 27 heavy (non-hydrogen) atoms. The number of ether oxygens (including phenoxy) is 2. The average Bonchev–Trinajstić information content (AvgIpc) is 2.66. The number of β-amino-alcohol motifs (C(OH)–C–C–N with tert-alkyl or cyclic N) is 1. The maximum atomic E-state index is 10.3. The molecule has 0 unspecified atom stereocenters. The minimum atomic E-state index is -0.453. The highest BCUT2D eigenvalue weighted by molar-refractivity contribution is 5.34. The molecule has 4 aliphatic carbocycles. The summed E-state index contributed by atoms with van der Waals surface area (Å²) in [6.45, 7) is 4.34. The van der Waals surface area contributed by atoms with Crippen LogP contribution in [0.5, 0.6) is 5.75 Å². The molecule has 4 heteroatoms. The second-order valence-corrected chi connectivity index (χ2v) is 9.60. The van der Waals surface area contributed by atoms with E-state index in [0.717, 1.165) is 49.8 Å². The van der Waals surface area contributed by atoms with Crippen LogP contribution in [0.1, 0.15) is 44.1 Å². The van der Waals surface area contributed by atoms with Gasteiger partial charge in [0, 0.05) is 19.6 Å². The minimum absolute atomic E-state index is 0.355. The van der Waals surface area contributed by atoms with Crippen molar-refractivity contribution in [2.24, 2.45) is 17.8 Å². The molecule has 1 aliphatic heterocycles. The van der Waals surface area contributed by atoms with Gasteiger partial charge in [0.15, 0.2) is 0 Å². The summed E-state index contributed by atoms with van der Waals surface area (Å²) in [5.41, 5.74) is 1.98. The van der Waals surface area contributed by atoms with Gasteiger partial charge in [-0.3, -0.25) is 4.90 Å². The van der Waals surface area contributed by atoms with Crippen LogP contribution in [0.25, 0.3) is 0 Å². The van der Waals surface area contributed by atoms with E-state index in [-0.39, 0.29) is 0 Å². The predicted octanol–water partition coefficient (Wildman–Crippen LogP) is 3.23. The fourth-order valence-electron chi connectivity index (χ4n) is 6.70. The Morgan fingerprint density at radius 1 is 1.00 bits per heavy atom. The Labute approximate surface area is 162 Å². The molecule has 0 amide bonds. The lowest BCUT2D eigenvalue weighted by atomic mass is 9.48. The van der Waals surface area contributed by atoms with Gasteiger partial charge in [0.2, 0.25) is 0 Å². The summed E-state index contributed by atoms with van der Waals surface area (Å²) in [4.78, 5) is 2.24. The monoisotopic (exact) mass is 371 g/mol. The number of nitrogens with zero attached hydrogens (tertiary/aromatic N) is 1. The van der Waals surface area contributed by atoms with Crippen LogP contribution in [0.3, 0.4) is 0 Å². The van der Waals surface area contributed by atoms with Gasteiger partial charge in [-0.1, -0.05) is 12.1 Å². The molecule has 148 valence electrons. The first-order valence-electron chi connectivity index (χ1n) is 10.9. The van der Waals surface area contributed by atoms with Gasteiger partial charge in [0.1, 0.15) is 18.5 Å². The van der Waals surface area contributed by atoms with E-state index in [4.69, 9.17) is 9.47 Å². The number of hydrogen-bond acceptors (Lipinski definition) is 4. The van der Waals surface area contributed by atoms with E-state index in [1.54, 1.807) is 0 Å². The highest BCUT2D eigenvalue weighted by Gasteiger charge is 2.51. The van der Waals surface area contributed by atoms with Crippen LogP contribution in [-0.2, 0) is 10.2 Å². The third-order valence-corrected chi connectivity index (χ3v) is 7.52. The zero-order chi connectivity index (χ0) is 18.3. The third kappa shape index (κ3) is 3.76. The van der Waals surface area contributed by atoms with E-state index in [1.165, 1.54) is 44.1 Å². The van der Waals surface area contributed by atoms with Crippen molar-refractivity contribution in [3.05, 3.63) is 29.8 Å². The van der Waals surface area contributed by atoms with Crippen molar-refractivity contribution >= 4 is 0 Å². The van der Waals surface area contributed by atoms with Gasteiger partial charge in [-0.05, 0) is 79.4 Å². The number of benzene rings is 1. The Kier molecular flexibility index (Phi) is 4.91. The summed E-state index contributed by atoms with van der Waals surface area (Å²) in [5.74, 6) is 3.80. The van der Waals surface area contributed by atoms with Gasteiger partial charge in [-0.25, -0.2) is 0 Å². The molecule has 4 saturated carbocycles. The van der Waals surface area contributed by atoms with Crippen LogP contribution in [0, 0.1) is 17.8 Å². The number of aliphatic hydroxyl groups excluding tert-OH is 1. The Balaban J connectivity index is 1.17. The van der Waals surface area contributed by atoms with Gasteiger partial charge in [-0.2, -0.15) is 0 Å². The molecule has 1 aromatic carbocycles. The van der Waals surface area contributed by atoms with Crippen molar-refractivity contribution in [1.82, 2.24) is 4.90 Å². The van der Waals surface area contributed by atoms with E-state index in [9.17, 15) is 5.11 Å². The molecule has 4 bridgehead atoms. The van der Waals surface area contributed by atoms with Gasteiger partial charge >= 0.3 is 0 Å². The van der Waals surface area contributed by atoms with Crippen molar-refractivity contribution in [2.75, 3.05) is 39.5 Å². The van der Waals surface area contributed by atoms with Crippen molar-refractivity contribution in [1.29, 1.82) is 0 Å². The van der Waals surface area contributed by atoms with Crippen LogP contribution in [-0.4, -0.2) is 55.6 Å². The third-order valence-electron chi connectivity index (χ3n) is 7.52. The normalized spacial score (nSPS) is 36.7. The first-order chi connectivity index (χ1) is 13.2. The molecule has 1 atom stereocenters. The number of rotatable bonds is 6. The first kappa shape index (κ1) is 18.0. The summed E-state index contributed by atoms with van der Waals surface area (Å²) in [5, 5.41) is 10.3. The smallest absolute Gasteiger partial charge is 0.119 e. The Morgan fingerprint density at radius 3 is 2.19 bits per heavy atom. The predicted molar refractivity (Wildman–Crippen MR) is 105 cm³/mol. The van der Waals surface area contributed by atoms with E-state index < -0.39 is 6.10 Å². The molecule has 0 spiro atoms. The van der Waals surface area contributed by atoms with Crippen LogP contribution >= 0.6 is 0 Å². The summed E-state index contributed by atoms with van der Waals surface area (Å²) in [6, 6.07) is 8.85. The molecule has 4 nitrogen and oxygen atoms in total. The van der Waals surface area contributed by atoms with Crippen molar-refractivity contribution in [2.45, 2.75) is 50.0 Å². The fraction of sp³-hybridized carbons (Fsp3) is 0.739. The van der Waals surface area contributed by atoms with E-state index in [1.807, 2.05) is 0 Å². The molecule has 1 N–H and O–H groups in total. The number of aliphatic hydroxyl groups is 1. The second kappa shape index (κ2) is 7.38. The van der Waals surface area contributed by atoms with E-state index >= 15 is 0 Å². The fourth-order valence-corrected chi connectivity index (χ4v) is 6.70. The highest BCUT2D eigenvalue weighted by atomic mass is 16.5. The largest absolute Gasteiger partial charge is 0.491 e. The maximum Gasteiger partial charge on any atom is 0.119 e. The van der Waals surface area contributed by atoms with Crippen LogP contribution in [0.4, 0.5) is 0 Å². The minimum Gasteiger partial charge on any atom is -0.491 e. The quantitative estimate of drug-likeness (QED) is 0.834. The van der Waals surface area contributed by atoms with Crippen LogP contribution < -0.4 is 4.74 Å². The van der Waals surface area contributed by atoms with Crippen LogP contribution in [0.15, 0.2) is 24.3 Å². The molecular weight excluding hydrogens is 338 g/mol. The molecule has 0 radical (unpaired) electrons. The summed E-state index contributed by atoms with van der Waals surface area (Å²) >= 11 is 0. The molecule has 6 rings (SSSR count). The standard InChI is InChI=1S/C23H33NO3/c25-21(15-24-5-7-26-8-6-24)16-27-22-3-1-20(2-4-22)23-12-17-9-18(13-23)11-19(10-17)14-23/h1-4,17-19,21,25H,5-16H2/t17?,18?,19?,21-,23?/m0/s1. The van der Waals surface area contributed by atoms with E-state index in [0.29, 0.717) is 18.6 Å². The van der Waals surface area contributed by atoms with Gasteiger partial charge < -0.3 is 14.6 Å². The summed E-state index contributed by atoms with van der Waals surface area (Å²) < 4.78 is 11.2. The lowest BCUT2D eigenvalue weighted by Crippen LogP contribution is -2.48. The Hall–Kier alpha value is -1.10. The lowest BCUT2D eigenvalue weighted by molar-refractivity contribution is -0.00527. The molecule has 5 fully saturated rings. The maximum absolute atomic E-state index is 10.3. The number of hydrogen-bond donors (Lipinski definition) is 1. The highest BCUT2D eigenvalue weighted by Crippen LogP contribution is 2.60. The van der Waals surface area contributed by atoms with Crippen molar-refractivity contribution in [3.63, 3.8) is 0 Å². The van der Waals surface area contributed by atoms with Crippen molar-refractivity contribution < 1.29 is 14.6 Å². The number of morpholine rings is 1. The van der Waals surface area contributed by atoms with Crippen LogP contribution in [0.2, 0.25) is 0 Å². The SMILES string of the molecule is O[C@H](COc1ccc(C23CC4CC(CC(C4)C2)C3)cc1)CN1CCOCC1. The topological polar surface area (TPSA) is 41.9 Å². The molecule has 1 heterocycles. The van der Waals surface area contributed by atoms with Crippen molar-refractivity contribution in [3.8, 4) is 5.75 Å². The summed E-state index contributed by atoms with van der Waals surface area (Å²) in [7, 11) is 0. The Morgan fingerprint density at radius 2 is 1.59 bits per heavy atom. The van der Waals surface area contributed by atoms with Gasteiger partial charge in [-0.15, -0.1) is 0 Å². The second-order valence-electron chi connectivity index (χ2n) is 9.60. The summed E-state index contributed by atoms with van der Waals surface area (Å²) in [6.07, 6.45) is 8.21. The molecule has 1 saturated heterocycles. The first-order valence-corrected chi connectivity index (χ1v) is 10.9. The zero-order valence-corrected chi connectivity index (χ0v) is 16.3. The molecular formula is C23H33NO3. The van der Waals surface area contributed by atoms with E-state index in [2.05, 4.69) is 29.2 Å². The molecule has 5 aliphatic rings. The Bertz CT molecular complexity index is 602. The molecule has 0 aromatic heterocycles. The lowest BCUT2D eigenvalue weighted by Gasteiger charge is -2.57. The van der Waals surface area contributed by atoms with Gasteiger partial charge in [0.25, 0.3) is 0 Å². The van der Waals surface area contributed by atoms with Gasteiger partial charge in [0.05, 0.1) is 13.2 Å². The molecule has 1 aromatic rings. The zero-order valence-electron chi connectivity index (χ0n) is 16.3. The average molecular weight is 372 g/mol.